The van der Waals surface area contributed by atoms with E-state index in [1.165, 1.54) is 18.5 Å². The quantitative estimate of drug-likeness (QED) is 0.696. The van der Waals surface area contributed by atoms with E-state index >= 15 is 0 Å². The second-order valence-electron chi connectivity index (χ2n) is 7.46. The monoisotopic (exact) mass is 415 g/mol. The number of halogens is 2. The fourth-order valence-corrected chi connectivity index (χ4v) is 3.23. The van der Waals surface area contributed by atoms with Gasteiger partial charge in [0.05, 0.1) is 17.3 Å². The number of carbonyl (C=O) groups excluding carboxylic acids is 1. The third-order valence-corrected chi connectivity index (χ3v) is 4.87. The molecule has 160 valence electrons. The van der Waals surface area contributed by atoms with Crippen LogP contribution in [0.15, 0.2) is 48.8 Å². The highest BCUT2D eigenvalue weighted by atomic mass is 19.1. The number of nitrogens with zero attached hydrogens (tertiary/aromatic N) is 4. The molecule has 1 N–H and O–H groups in total. The van der Waals surface area contributed by atoms with E-state index in [2.05, 4.69) is 27.4 Å². The van der Waals surface area contributed by atoms with Gasteiger partial charge >= 0.3 is 0 Å². The van der Waals surface area contributed by atoms with E-state index in [0.29, 0.717) is 12.1 Å². The number of carbonyl (C=O) groups is 1. The summed E-state index contributed by atoms with van der Waals surface area (Å²) < 4.78 is 25.6. The van der Waals surface area contributed by atoms with Crippen LogP contribution in [0.5, 0.6) is 0 Å². The van der Waals surface area contributed by atoms with Gasteiger partial charge in [-0.3, -0.25) is 4.79 Å². The first kappa shape index (κ1) is 21.7. The van der Waals surface area contributed by atoms with Gasteiger partial charge in [-0.1, -0.05) is 0 Å². The Labute approximate surface area is 175 Å². The first-order valence-electron chi connectivity index (χ1n) is 10.0. The topological polar surface area (TPSA) is 52.9 Å². The van der Waals surface area contributed by atoms with E-state index in [4.69, 9.17) is 0 Å². The molecule has 1 amide bonds. The van der Waals surface area contributed by atoms with E-state index < -0.39 is 11.6 Å². The highest BCUT2D eigenvalue weighted by Crippen LogP contribution is 2.23. The van der Waals surface area contributed by atoms with Crippen molar-refractivity contribution >= 4 is 17.1 Å². The maximum absolute atomic E-state index is 12.3. The summed E-state index contributed by atoms with van der Waals surface area (Å²) in [6.07, 6.45) is 6.05. The zero-order valence-electron chi connectivity index (χ0n) is 17.3. The maximum Gasteiger partial charge on any atom is 0.255 e. The summed E-state index contributed by atoms with van der Waals surface area (Å²) in [4.78, 5) is 16.7. The number of anilines is 1. The average Bonchev–Trinajstić information content (AvgIpc) is 3.39. The Hall–Kier alpha value is -3.00. The van der Waals surface area contributed by atoms with Gasteiger partial charge in [-0.05, 0) is 63.3 Å². The average molecular weight is 415 g/mol. The molecule has 6 nitrogen and oxygen atoms in total. The van der Waals surface area contributed by atoms with Crippen molar-refractivity contribution in [3.8, 4) is 0 Å². The lowest BCUT2D eigenvalue weighted by Crippen LogP contribution is -2.31. The molecule has 0 unspecified atom stereocenters. The summed E-state index contributed by atoms with van der Waals surface area (Å²) in [6.45, 7) is 3.64. The highest BCUT2D eigenvalue weighted by Gasteiger charge is 2.16. The predicted molar refractivity (Wildman–Crippen MR) is 114 cm³/mol. The van der Waals surface area contributed by atoms with E-state index in [9.17, 15) is 13.6 Å². The van der Waals surface area contributed by atoms with Gasteiger partial charge < -0.3 is 15.1 Å². The van der Waals surface area contributed by atoms with Crippen LogP contribution in [-0.2, 0) is 0 Å². The lowest BCUT2D eigenvalue weighted by Gasteiger charge is -2.17. The van der Waals surface area contributed by atoms with Crippen molar-refractivity contribution in [1.82, 2.24) is 19.8 Å². The van der Waals surface area contributed by atoms with Crippen molar-refractivity contribution in [1.29, 1.82) is 0 Å². The number of hydrogen-bond donors (Lipinski definition) is 1. The van der Waals surface area contributed by atoms with Crippen molar-refractivity contribution in [2.24, 2.45) is 0 Å². The molecule has 0 bridgehead atoms. The van der Waals surface area contributed by atoms with Crippen LogP contribution in [0, 0.1) is 11.6 Å². The number of likely N-dealkylation sites (N-methyl/N-ethyl adjacent to an activating group) is 1. The minimum atomic E-state index is -0.411. The van der Waals surface area contributed by atoms with Crippen LogP contribution in [0.1, 0.15) is 23.2 Å². The van der Waals surface area contributed by atoms with Crippen molar-refractivity contribution in [2.45, 2.75) is 12.8 Å². The number of hydrogen-bond acceptors (Lipinski definition) is 4. The van der Waals surface area contributed by atoms with Crippen molar-refractivity contribution in [3.05, 3.63) is 66.0 Å². The van der Waals surface area contributed by atoms with E-state index in [1.807, 2.05) is 25.2 Å². The SMILES string of the molecule is CN(C)CCNC(=O)c1cnn2ccc(N3CCCC3)cc12.Fc1ccc(F)cc1. The first-order valence-corrected chi connectivity index (χ1v) is 10.0. The van der Waals surface area contributed by atoms with Gasteiger partial charge in [0.2, 0.25) is 0 Å². The number of nitrogens with one attached hydrogen (secondary N) is 1. The lowest BCUT2D eigenvalue weighted by molar-refractivity contribution is 0.0952. The molecule has 0 radical (unpaired) electrons. The smallest absolute Gasteiger partial charge is 0.255 e. The number of fused-ring (bicyclic) bond motifs is 1. The Kier molecular flexibility index (Phi) is 7.35. The first-order chi connectivity index (χ1) is 14.4. The van der Waals surface area contributed by atoms with Crippen LogP contribution in [0.4, 0.5) is 14.5 Å². The predicted octanol–water partition coefficient (Wildman–Crippen LogP) is 3.19. The summed E-state index contributed by atoms with van der Waals surface area (Å²) in [7, 11) is 3.98. The summed E-state index contributed by atoms with van der Waals surface area (Å²) in [6, 6.07) is 8.45. The third kappa shape index (κ3) is 5.76. The molecule has 1 saturated heterocycles. The summed E-state index contributed by atoms with van der Waals surface area (Å²) in [5.41, 5.74) is 2.68. The van der Waals surface area contributed by atoms with Gasteiger partial charge in [0.15, 0.2) is 0 Å². The third-order valence-electron chi connectivity index (χ3n) is 4.87. The standard InChI is InChI=1S/C16H23N5O.C6H4F2/c1-19(2)10-6-17-16(22)14-12-18-21-9-5-13(11-15(14)21)20-7-3-4-8-20;7-5-1-2-6(8)4-3-5/h5,9,11-12H,3-4,6-8,10H2,1-2H3,(H,17,22);1-4H. The van der Waals surface area contributed by atoms with Gasteiger partial charge in [0.1, 0.15) is 11.6 Å². The van der Waals surface area contributed by atoms with E-state index in [-0.39, 0.29) is 5.91 Å². The molecule has 4 rings (SSSR count). The number of benzene rings is 1. The number of pyridine rings is 1. The molecular weight excluding hydrogens is 388 g/mol. The molecule has 0 saturated carbocycles. The molecule has 1 aliphatic heterocycles. The van der Waals surface area contributed by atoms with Crippen LogP contribution in [0.2, 0.25) is 0 Å². The molecule has 3 heterocycles. The second-order valence-corrected chi connectivity index (χ2v) is 7.46. The Morgan fingerprint density at radius 3 is 2.33 bits per heavy atom. The fraction of sp³-hybridized carbons (Fsp3) is 0.364. The number of rotatable bonds is 5. The van der Waals surface area contributed by atoms with Crippen molar-refractivity contribution in [3.63, 3.8) is 0 Å². The van der Waals surface area contributed by atoms with Crippen molar-refractivity contribution < 1.29 is 13.6 Å². The van der Waals surface area contributed by atoms with Crippen molar-refractivity contribution in [2.75, 3.05) is 45.2 Å². The van der Waals surface area contributed by atoms with Crippen LogP contribution in [0.3, 0.4) is 0 Å². The van der Waals surface area contributed by atoms with Crippen LogP contribution < -0.4 is 10.2 Å². The molecule has 0 spiro atoms. The number of amides is 1. The van der Waals surface area contributed by atoms with Gasteiger partial charge in [-0.2, -0.15) is 5.10 Å². The van der Waals surface area contributed by atoms with Crippen LogP contribution in [0.25, 0.3) is 5.52 Å². The molecule has 30 heavy (non-hydrogen) atoms. The molecule has 8 heteroatoms. The molecule has 3 aromatic rings. The highest BCUT2D eigenvalue weighted by molar-refractivity contribution is 6.01. The van der Waals surface area contributed by atoms with Crippen LogP contribution in [-0.4, -0.2) is 60.7 Å². The largest absolute Gasteiger partial charge is 0.371 e. The second kappa shape index (κ2) is 10.2. The summed E-state index contributed by atoms with van der Waals surface area (Å²) in [5, 5.41) is 7.23. The summed E-state index contributed by atoms with van der Waals surface area (Å²) >= 11 is 0. The molecule has 0 aliphatic carbocycles. The van der Waals surface area contributed by atoms with Gasteiger partial charge in [-0.15, -0.1) is 0 Å². The summed E-state index contributed by atoms with van der Waals surface area (Å²) in [5.74, 6) is -0.881. The van der Waals surface area contributed by atoms with Gasteiger partial charge in [0.25, 0.3) is 5.91 Å². The minimum Gasteiger partial charge on any atom is -0.371 e. The Morgan fingerprint density at radius 2 is 1.73 bits per heavy atom. The van der Waals surface area contributed by atoms with Gasteiger partial charge in [-0.25, -0.2) is 13.3 Å². The van der Waals surface area contributed by atoms with Gasteiger partial charge in [0, 0.05) is 38.1 Å². The zero-order valence-corrected chi connectivity index (χ0v) is 17.3. The Bertz CT molecular complexity index is 944. The lowest BCUT2D eigenvalue weighted by atomic mass is 10.2. The fourth-order valence-electron chi connectivity index (χ4n) is 3.23. The molecule has 1 aromatic carbocycles. The van der Waals surface area contributed by atoms with E-state index in [1.54, 1.807) is 10.7 Å². The zero-order chi connectivity index (χ0) is 21.5. The molecule has 0 atom stereocenters. The molecule has 1 fully saturated rings. The van der Waals surface area contributed by atoms with E-state index in [0.717, 1.165) is 49.4 Å². The Morgan fingerprint density at radius 1 is 1.10 bits per heavy atom. The van der Waals surface area contributed by atoms with Crippen LogP contribution >= 0.6 is 0 Å². The number of aromatic nitrogens is 2. The minimum absolute atomic E-state index is 0.0598. The Balaban J connectivity index is 0.000000269. The molecule has 1 aliphatic rings. The maximum atomic E-state index is 12.3. The molecular formula is C22H27F2N5O. The molecule has 2 aromatic heterocycles. The normalized spacial score (nSPS) is 13.4.